The number of aromatic nitrogens is 1. The third kappa shape index (κ3) is 3.73. The molecule has 1 heterocycles. The van der Waals surface area contributed by atoms with E-state index in [4.69, 9.17) is 11.6 Å². The molecule has 0 aliphatic heterocycles. The number of amides is 1. The van der Waals surface area contributed by atoms with Gasteiger partial charge in [0.05, 0.1) is 12.1 Å². The summed E-state index contributed by atoms with van der Waals surface area (Å²) < 4.78 is 54.6. The minimum absolute atomic E-state index is 0.0838. The lowest BCUT2D eigenvalue weighted by atomic mass is 10.1. The fourth-order valence-corrected chi connectivity index (χ4v) is 2.80. The second-order valence-electron chi connectivity index (χ2n) is 5.93. The summed E-state index contributed by atoms with van der Waals surface area (Å²) in [6.45, 7) is 1.22. The largest absolute Gasteiger partial charge is 0.291 e. The number of carbonyl (C=O) groups excluding carboxylic acids is 1. The molecule has 0 saturated carbocycles. The van der Waals surface area contributed by atoms with Crippen LogP contribution >= 0.6 is 11.6 Å². The van der Waals surface area contributed by atoms with Gasteiger partial charge in [0, 0.05) is 17.0 Å². The van der Waals surface area contributed by atoms with Gasteiger partial charge in [-0.05, 0) is 31.2 Å². The fourth-order valence-electron chi connectivity index (χ4n) is 2.66. The van der Waals surface area contributed by atoms with Gasteiger partial charge in [0.2, 0.25) is 5.91 Å². The molecular formula is C19H13ClF4N2O. The van der Waals surface area contributed by atoms with E-state index in [-0.39, 0.29) is 11.9 Å². The maximum Gasteiger partial charge on any atom is 0.243 e. The third-order valence-corrected chi connectivity index (χ3v) is 4.28. The molecule has 3 aromatic rings. The topological polar surface area (TPSA) is 33.2 Å². The van der Waals surface area contributed by atoms with E-state index in [1.807, 2.05) is 19.1 Å². The Morgan fingerprint density at radius 2 is 1.78 bits per heavy atom. The fraction of sp³-hybridized carbons (Fsp3) is 0.158. The second-order valence-corrected chi connectivity index (χ2v) is 6.19. The van der Waals surface area contributed by atoms with Gasteiger partial charge in [-0.15, -0.1) is 11.6 Å². The van der Waals surface area contributed by atoms with Gasteiger partial charge in [-0.3, -0.25) is 9.69 Å². The van der Waals surface area contributed by atoms with Crippen molar-refractivity contribution >= 4 is 34.2 Å². The highest BCUT2D eigenvalue weighted by atomic mass is 35.5. The summed E-state index contributed by atoms with van der Waals surface area (Å²) >= 11 is 5.60. The summed E-state index contributed by atoms with van der Waals surface area (Å²) in [7, 11) is 0. The summed E-state index contributed by atoms with van der Waals surface area (Å²) in [5.41, 5.74) is 0.770. The molecule has 27 heavy (non-hydrogen) atoms. The van der Waals surface area contributed by atoms with Gasteiger partial charge >= 0.3 is 0 Å². The summed E-state index contributed by atoms with van der Waals surface area (Å²) in [5, 5.41) is 0.808. The lowest BCUT2D eigenvalue weighted by Gasteiger charge is -2.22. The standard InChI is InChI=1S/C19H13ClF4N2O/c1-10-2-4-15-11(6-10)3-5-16(25-15)26(17(27)8-20)9-12-13(21)7-14(22)19(24)18(12)23/h2-7H,8-9H2,1H3. The normalized spacial score (nSPS) is 11.0. The van der Waals surface area contributed by atoms with Gasteiger partial charge in [-0.2, -0.15) is 0 Å². The van der Waals surface area contributed by atoms with Gasteiger partial charge < -0.3 is 0 Å². The highest BCUT2D eigenvalue weighted by Crippen LogP contribution is 2.25. The van der Waals surface area contributed by atoms with E-state index in [1.165, 1.54) is 6.07 Å². The van der Waals surface area contributed by atoms with Crippen LogP contribution in [0, 0.1) is 30.2 Å². The van der Waals surface area contributed by atoms with Crippen molar-refractivity contribution in [2.75, 3.05) is 10.8 Å². The van der Waals surface area contributed by atoms with Gasteiger partial charge in [0.15, 0.2) is 17.5 Å². The molecule has 0 unspecified atom stereocenters. The second kappa shape index (κ2) is 7.52. The molecule has 0 fully saturated rings. The molecule has 0 saturated heterocycles. The first-order valence-corrected chi connectivity index (χ1v) is 8.41. The quantitative estimate of drug-likeness (QED) is 0.273. The lowest BCUT2D eigenvalue weighted by molar-refractivity contribution is -0.116. The summed E-state index contributed by atoms with van der Waals surface area (Å²) in [5.74, 6) is -7.57. The van der Waals surface area contributed by atoms with Crippen molar-refractivity contribution in [3.63, 3.8) is 0 Å². The van der Waals surface area contributed by atoms with Crippen molar-refractivity contribution in [3.05, 3.63) is 70.8 Å². The molecule has 0 N–H and O–H groups in total. The van der Waals surface area contributed by atoms with E-state index >= 15 is 0 Å². The van der Waals surface area contributed by atoms with Crippen LogP contribution in [0.15, 0.2) is 36.4 Å². The zero-order chi connectivity index (χ0) is 19.7. The number of anilines is 1. The van der Waals surface area contributed by atoms with Crippen molar-refractivity contribution in [2.24, 2.45) is 0 Å². The number of hydrogen-bond donors (Lipinski definition) is 0. The third-order valence-electron chi connectivity index (χ3n) is 4.05. The molecule has 1 aromatic heterocycles. The van der Waals surface area contributed by atoms with Gasteiger partial charge in [-0.25, -0.2) is 22.5 Å². The average molecular weight is 397 g/mol. The number of alkyl halides is 1. The Kier molecular flexibility index (Phi) is 5.32. The Hall–Kier alpha value is -2.67. The van der Waals surface area contributed by atoms with Crippen LogP contribution in [-0.4, -0.2) is 16.8 Å². The van der Waals surface area contributed by atoms with E-state index < -0.39 is 47.2 Å². The van der Waals surface area contributed by atoms with Crippen molar-refractivity contribution in [1.29, 1.82) is 0 Å². The van der Waals surface area contributed by atoms with E-state index in [1.54, 1.807) is 12.1 Å². The van der Waals surface area contributed by atoms with Crippen molar-refractivity contribution in [2.45, 2.75) is 13.5 Å². The van der Waals surface area contributed by atoms with Crippen LogP contribution in [0.25, 0.3) is 10.9 Å². The highest BCUT2D eigenvalue weighted by molar-refractivity contribution is 6.29. The average Bonchev–Trinajstić information content (AvgIpc) is 2.65. The smallest absolute Gasteiger partial charge is 0.243 e. The first kappa shape index (κ1) is 19.1. The zero-order valence-corrected chi connectivity index (χ0v) is 14.8. The van der Waals surface area contributed by atoms with E-state index in [0.29, 0.717) is 5.52 Å². The molecular weight excluding hydrogens is 384 g/mol. The summed E-state index contributed by atoms with van der Waals surface area (Å²) in [4.78, 5) is 17.5. The molecule has 8 heteroatoms. The molecule has 140 valence electrons. The molecule has 0 atom stereocenters. The van der Waals surface area contributed by atoms with Crippen LogP contribution < -0.4 is 4.90 Å². The minimum Gasteiger partial charge on any atom is -0.291 e. The molecule has 0 spiro atoms. The Bertz CT molecular complexity index is 1040. The van der Waals surface area contributed by atoms with Crippen LogP contribution in [0.4, 0.5) is 23.4 Å². The number of fused-ring (bicyclic) bond motifs is 1. The Morgan fingerprint density at radius 3 is 2.48 bits per heavy atom. The predicted octanol–water partition coefficient (Wildman–Crippen LogP) is 4.87. The number of rotatable bonds is 4. The first-order chi connectivity index (χ1) is 12.8. The molecule has 3 nitrogen and oxygen atoms in total. The van der Waals surface area contributed by atoms with Crippen LogP contribution in [0.2, 0.25) is 0 Å². The molecule has 3 rings (SSSR count). The lowest BCUT2D eigenvalue weighted by Crippen LogP contribution is -2.33. The highest BCUT2D eigenvalue weighted by Gasteiger charge is 2.24. The van der Waals surface area contributed by atoms with Gasteiger partial charge in [0.25, 0.3) is 0 Å². The van der Waals surface area contributed by atoms with Crippen molar-refractivity contribution in [1.82, 2.24) is 4.98 Å². The number of pyridine rings is 1. The molecule has 0 aliphatic carbocycles. The molecule has 2 aromatic carbocycles. The van der Waals surface area contributed by atoms with Crippen LogP contribution in [0.5, 0.6) is 0 Å². The van der Waals surface area contributed by atoms with Gasteiger partial charge in [0.1, 0.15) is 17.5 Å². The minimum atomic E-state index is -1.81. The first-order valence-electron chi connectivity index (χ1n) is 7.87. The Balaban J connectivity index is 2.07. The monoisotopic (exact) mass is 396 g/mol. The summed E-state index contributed by atoms with van der Waals surface area (Å²) in [6.07, 6.45) is 0. The number of nitrogens with zero attached hydrogens (tertiary/aromatic N) is 2. The predicted molar refractivity (Wildman–Crippen MR) is 94.7 cm³/mol. The number of benzene rings is 2. The SMILES string of the molecule is Cc1ccc2nc(N(Cc3c(F)cc(F)c(F)c3F)C(=O)CCl)ccc2c1. The van der Waals surface area contributed by atoms with Crippen molar-refractivity contribution in [3.8, 4) is 0 Å². The summed E-state index contributed by atoms with van der Waals surface area (Å²) in [6, 6.07) is 8.85. The number of aryl methyl sites for hydroxylation is 1. The number of hydrogen-bond acceptors (Lipinski definition) is 2. The molecule has 0 radical (unpaired) electrons. The van der Waals surface area contributed by atoms with Gasteiger partial charge in [-0.1, -0.05) is 11.6 Å². The van der Waals surface area contributed by atoms with E-state index in [2.05, 4.69) is 4.98 Å². The zero-order valence-electron chi connectivity index (χ0n) is 14.1. The molecule has 1 amide bonds. The van der Waals surface area contributed by atoms with Crippen LogP contribution in [-0.2, 0) is 11.3 Å². The number of halogens is 5. The van der Waals surface area contributed by atoms with E-state index in [0.717, 1.165) is 15.8 Å². The van der Waals surface area contributed by atoms with Crippen molar-refractivity contribution < 1.29 is 22.4 Å². The molecule has 0 aliphatic rings. The Morgan fingerprint density at radius 1 is 1.04 bits per heavy atom. The van der Waals surface area contributed by atoms with Crippen LogP contribution in [0.3, 0.4) is 0 Å². The Labute approximate surface area is 157 Å². The number of carbonyl (C=O) groups is 1. The maximum absolute atomic E-state index is 14.0. The maximum atomic E-state index is 14.0. The van der Waals surface area contributed by atoms with Crippen LogP contribution in [0.1, 0.15) is 11.1 Å². The van der Waals surface area contributed by atoms with E-state index in [9.17, 15) is 22.4 Å². The molecule has 0 bridgehead atoms.